The molecule has 0 saturated heterocycles. The van der Waals surface area contributed by atoms with Crippen molar-refractivity contribution in [2.45, 2.75) is 19.8 Å². The van der Waals surface area contributed by atoms with Crippen molar-refractivity contribution in [2.24, 2.45) is 0 Å². The van der Waals surface area contributed by atoms with Crippen LogP contribution >= 0.6 is 0 Å². The van der Waals surface area contributed by atoms with Gasteiger partial charge in [-0.15, -0.1) is 0 Å². The lowest BCUT2D eigenvalue weighted by Crippen LogP contribution is -2.10. The minimum absolute atomic E-state index is 0.0525. The number of aromatic nitrogens is 1. The molecular weight excluding hydrogens is 472 g/mol. The Bertz CT molecular complexity index is 1340. The van der Waals surface area contributed by atoms with E-state index in [2.05, 4.69) is 6.07 Å². The van der Waals surface area contributed by atoms with Gasteiger partial charge in [0, 0.05) is 42.8 Å². The highest BCUT2D eigenvalue weighted by Crippen LogP contribution is 2.31. The van der Waals surface area contributed by atoms with Crippen molar-refractivity contribution in [2.75, 3.05) is 39.1 Å². The summed E-state index contributed by atoms with van der Waals surface area (Å²) in [6.07, 6.45) is 4.05. The number of unbranched alkanes of at least 4 members (excludes halogenated alkanes) is 1. The largest absolute Gasteiger partial charge is 0.494 e. The average Bonchev–Trinajstić information content (AvgIpc) is 3.19. The van der Waals surface area contributed by atoms with Gasteiger partial charge < -0.3 is 23.5 Å². The summed E-state index contributed by atoms with van der Waals surface area (Å²) in [5.41, 5.74) is 2.15. The lowest BCUT2D eigenvalue weighted by Gasteiger charge is -2.13. The third kappa shape index (κ3) is 6.74. The summed E-state index contributed by atoms with van der Waals surface area (Å²) in [6, 6.07) is 12.7. The van der Waals surface area contributed by atoms with Crippen molar-refractivity contribution in [3.05, 3.63) is 53.7 Å². The molecule has 1 aromatic heterocycles. The van der Waals surface area contributed by atoms with E-state index >= 15 is 0 Å². The number of fused-ring (bicyclic) bond motifs is 1. The van der Waals surface area contributed by atoms with E-state index in [0.29, 0.717) is 42.2 Å². The average molecular weight is 501 g/mol. The smallest absolute Gasteiger partial charge is 0.341 e. The number of hydrogen-bond acceptors (Lipinski definition) is 8. The van der Waals surface area contributed by atoms with E-state index in [0.717, 1.165) is 10.9 Å². The number of carbonyl (C=O) groups excluding carboxylic acids is 1. The Balaban J connectivity index is 1.93. The lowest BCUT2D eigenvalue weighted by atomic mass is 10.1. The molecule has 9 nitrogen and oxygen atoms in total. The van der Waals surface area contributed by atoms with Crippen LogP contribution in [-0.2, 0) is 19.3 Å². The van der Waals surface area contributed by atoms with Crippen molar-refractivity contribution in [1.82, 2.24) is 4.57 Å². The summed E-state index contributed by atoms with van der Waals surface area (Å²) in [6.45, 7) is 2.27. The van der Waals surface area contributed by atoms with E-state index < -0.39 is 15.8 Å². The summed E-state index contributed by atoms with van der Waals surface area (Å²) in [7, 11) is -1.51. The van der Waals surface area contributed by atoms with Crippen LogP contribution in [0.15, 0.2) is 42.6 Å². The molecule has 2 aromatic carbocycles. The summed E-state index contributed by atoms with van der Waals surface area (Å²) in [4.78, 5) is 12.3. The second-order valence-corrected chi connectivity index (χ2v) is 10.1. The van der Waals surface area contributed by atoms with Gasteiger partial charge in [-0.05, 0) is 44.0 Å². The second kappa shape index (κ2) is 11.7. The highest BCUT2D eigenvalue weighted by molar-refractivity contribution is 7.90. The van der Waals surface area contributed by atoms with Gasteiger partial charge in [-0.2, -0.15) is 5.26 Å². The molecule has 3 rings (SSSR count). The third-order valence-electron chi connectivity index (χ3n) is 5.15. The molecule has 0 aliphatic carbocycles. The maximum absolute atomic E-state index is 12.3. The first-order valence-corrected chi connectivity index (χ1v) is 13.1. The zero-order valence-electron chi connectivity index (χ0n) is 19.9. The van der Waals surface area contributed by atoms with E-state index in [1.807, 2.05) is 16.7 Å². The predicted octanol–water partition coefficient (Wildman–Crippen LogP) is 3.87. The first kappa shape index (κ1) is 26.1. The highest BCUT2D eigenvalue weighted by atomic mass is 32.2. The minimum atomic E-state index is -2.99. The number of nitrogens with zero attached hydrogens (tertiary/aromatic N) is 2. The van der Waals surface area contributed by atoms with Crippen molar-refractivity contribution in [3.8, 4) is 23.3 Å². The number of ether oxygens (including phenoxy) is 4. The van der Waals surface area contributed by atoms with Crippen LogP contribution in [0, 0.1) is 11.3 Å². The van der Waals surface area contributed by atoms with E-state index in [-0.39, 0.29) is 24.7 Å². The van der Waals surface area contributed by atoms with Crippen LogP contribution < -0.4 is 9.47 Å². The van der Waals surface area contributed by atoms with Crippen molar-refractivity contribution >= 4 is 26.7 Å². The molecule has 0 unspecified atom stereocenters. The molecule has 10 heteroatoms. The molecular formula is C25H28N2O7S. The van der Waals surface area contributed by atoms with Gasteiger partial charge >= 0.3 is 5.97 Å². The molecule has 0 atom stereocenters. The fourth-order valence-corrected chi connectivity index (χ4v) is 4.26. The van der Waals surface area contributed by atoms with Gasteiger partial charge in [0.05, 0.1) is 30.0 Å². The number of esters is 1. The van der Waals surface area contributed by atoms with Crippen molar-refractivity contribution < 1.29 is 32.2 Å². The molecule has 1 heterocycles. The van der Waals surface area contributed by atoms with Crippen LogP contribution in [0.2, 0.25) is 0 Å². The number of carbonyl (C=O) groups is 1. The zero-order valence-corrected chi connectivity index (χ0v) is 20.8. The van der Waals surface area contributed by atoms with Crippen LogP contribution in [0.5, 0.6) is 11.5 Å². The van der Waals surface area contributed by atoms with Crippen LogP contribution in [0.1, 0.15) is 35.7 Å². The predicted molar refractivity (Wildman–Crippen MR) is 131 cm³/mol. The number of benzene rings is 2. The van der Waals surface area contributed by atoms with E-state index in [1.54, 1.807) is 37.4 Å². The monoisotopic (exact) mass is 500 g/mol. The van der Waals surface area contributed by atoms with Gasteiger partial charge in [-0.25, -0.2) is 13.2 Å². The van der Waals surface area contributed by atoms with E-state index in [1.165, 1.54) is 13.4 Å². The Morgan fingerprint density at radius 3 is 2.60 bits per heavy atom. The van der Waals surface area contributed by atoms with Gasteiger partial charge in [-0.3, -0.25) is 0 Å². The highest BCUT2D eigenvalue weighted by Gasteiger charge is 2.17. The molecule has 0 radical (unpaired) electrons. The molecule has 0 aliphatic rings. The van der Waals surface area contributed by atoms with Gasteiger partial charge in [0.25, 0.3) is 0 Å². The normalized spacial score (nSPS) is 11.3. The lowest BCUT2D eigenvalue weighted by molar-refractivity contribution is 0.0438. The maximum Gasteiger partial charge on any atom is 0.341 e. The maximum atomic E-state index is 12.3. The Labute approximate surface area is 204 Å². The Morgan fingerprint density at radius 1 is 1.11 bits per heavy atom. The van der Waals surface area contributed by atoms with Gasteiger partial charge in [0.1, 0.15) is 33.0 Å². The summed E-state index contributed by atoms with van der Waals surface area (Å²) >= 11 is 0. The standard InChI is InChI=1S/C25H28N2O7S/c1-4-32-25(28)22-9-7-19(13-24(22)34-17-31-2)27-16-18(15-26)21-10-8-20(14-23(21)27)33-11-5-6-12-35(3,29)30/h7-10,13-14,16H,4-6,11-12,17H2,1-3H3. The van der Waals surface area contributed by atoms with Crippen LogP contribution in [0.4, 0.5) is 0 Å². The molecule has 0 bridgehead atoms. The Hall–Kier alpha value is -3.55. The van der Waals surface area contributed by atoms with Crippen molar-refractivity contribution in [3.63, 3.8) is 0 Å². The molecule has 0 N–H and O–H groups in total. The van der Waals surface area contributed by atoms with E-state index in [9.17, 15) is 18.5 Å². The van der Waals surface area contributed by atoms with Gasteiger partial charge in [-0.1, -0.05) is 0 Å². The van der Waals surface area contributed by atoms with Gasteiger partial charge in [0.15, 0.2) is 6.79 Å². The Morgan fingerprint density at radius 2 is 1.91 bits per heavy atom. The number of nitriles is 1. The zero-order chi connectivity index (χ0) is 25.4. The molecule has 0 saturated carbocycles. The fraction of sp³-hybridized carbons (Fsp3) is 0.360. The number of rotatable bonds is 12. The SMILES string of the molecule is CCOC(=O)c1ccc(-n2cc(C#N)c3ccc(OCCCCS(C)(=O)=O)cc32)cc1OCOC. The Kier molecular flexibility index (Phi) is 8.73. The summed E-state index contributed by atoms with van der Waals surface area (Å²) in [5.74, 6) is 0.506. The van der Waals surface area contributed by atoms with Crippen molar-refractivity contribution in [1.29, 1.82) is 5.26 Å². The summed E-state index contributed by atoms with van der Waals surface area (Å²) < 4.78 is 45.9. The number of methoxy groups -OCH3 is 1. The third-order valence-corrected chi connectivity index (χ3v) is 6.18. The minimum Gasteiger partial charge on any atom is -0.494 e. The molecule has 0 spiro atoms. The summed E-state index contributed by atoms with van der Waals surface area (Å²) in [5, 5.41) is 10.4. The van der Waals surface area contributed by atoms with Crippen LogP contribution in [0.3, 0.4) is 0 Å². The molecule has 0 fully saturated rings. The van der Waals surface area contributed by atoms with Crippen LogP contribution in [0.25, 0.3) is 16.6 Å². The van der Waals surface area contributed by atoms with Gasteiger partial charge in [0.2, 0.25) is 0 Å². The first-order valence-electron chi connectivity index (χ1n) is 11.1. The topological polar surface area (TPSA) is 117 Å². The number of sulfone groups is 1. The number of hydrogen-bond donors (Lipinski definition) is 0. The molecule has 35 heavy (non-hydrogen) atoms. The quantitative estimate of drug-likeness (QED) is 0.209. The molecule has 3 aromatic rings. The molecule has 0 amide bonds. The second-order valence-electron chi connectivity index (χ2n) is 7.84. The first-order chi connectivity index (χ1) is 16.8. The fourth-order valence-electron chi connectivity index (χ4n) is 3.54. The molecule has 186 valence electrons. The van der Waals surface area contributed by atoms with Crippen LogP contribution in [-0.4, -0.2) is 58.1 Å². The van der Waals surface area contributed by atoms with E-state index in [4.69, 9.17) is 18.9 Å². The molecule has 0 aliphatic heterocycles.